The molecule has 14 heavy (non-hydrogen) atoms. The standard InChI is InChI=1S/C13H22O/c1-5-8-13(14)9-11(4)6-7-12(13)10(2)3/h1,10-12,14H,6-9H2,2-4H3. The predicted molar refractivity (Wildman–Crippen MR) is 59.7 cm³/mol. The molecular weight excluding hydrogens is 172 g/mol. The summed E-state index contributed by atoms with van der Waals surface area (Å²) >= 11 is 0. The maximum atomic E-state index is 10.5. The van der Waals surface area contributed by atoms with Crippen molar-refractivity contribution in [1.29, 1.82) is 0 Å². The number of aliphatic hydroxyl groups is 1. The van der Waals surface area contributed by atoms with Gasteiger partial charge < -0.3 is 5.11 Å². The van der Waals surface area contributed by atoms with Crippen LogP contribution >= 0.6 is 0 Å². The van der Waals surface area contributed by atoms with E-state index in [2.05, 4.69) is 26.7 Å². The summed E-state index contributed by atoms with van der Waals surface area (Å²) in [6, 6.07) is 0. The van der Waals surface area contributed by atoms with Crippen LogP contribution in [0.25, 0.3) is 0 Å². The fourth-order valence-corrected chi connectivity index (χ4v) is 2.92. The van der Waals surface area contributed by atoms with Gasteiger partial charge in [-0.3, -0.25) is 0 Å². The monoisotopic (exact) mass is 194 g/mol. The van der Waals surface area contributed by atoms with Gasteiger partial charge in [0.25, 0.3) is 0 Å². The Hall–Kier alpha value is -0.480. The Balaban J connectivity index is 2.78. The first-order valence-electron chi connectivity index (χ1n) is 5.65. The quantitative estimate of drug-likeness (QED) is 0.670. The molecule has 1 N–H and O–H groups in total. The van der Waals surface area contributed by atoms with Gasteiger partial charge in [0, 0.05) is 6.42 Å². The largest absolute Gasteiger partial charge is 0.389 e. The van der Waals surface area contributed by atoms with Crippen molar-refractivity contribution >= 4 is 0 Å². The SMILES string of the molecule is C#CCC1(O)CC(C)CCC1C(C)C. The van der Waals surface area contributed by atoms with Crippen molar-refractivity contribution in [3.05, 3.63) is 0 Å². The maximum Gasteiger partial charge on any atom is 0.0789 e. The van der Waals surface area contributed by atoms with Gasteiger partial charge in [-0.2, -0.15) is 0 Å². The highest BCUT2D eigenvalue weighted by molar-refractivity contribution is 5.02. The van der Waals surface area contributed by atoms with Crippen molar-refractivity contribution in [3.8, 4) is 12.3 Å². The van der Waals surface area contributed by atoms with Crippen LogP contribution in [-0.2, 0) is 0 Å². The van der Waals surface area contributed by atoms with E-state index in [-0.39, 0.29) is 0 Å². The average Bonchev–Trinajstić information content (AvgIpc) is 2.02. The minimum absolute atomic E-state index is 0.384. The third kappa shape index (κ3) is 2.30. The third-order valence-electron chi connectivity index (χ3n) is 3.58. The van der Waals surface area contributed by atoms with E-state index < -0.39 is 5.60 Å². The molecule has 1 aliphatic rings. The molecule has 0 aromatic carbocycles. The summed E-state index contributed by atoms with van der Waals surface area (Å²) in [6.45, 7) is 6.57. The molecule has 0 saturated heterocycles. The van der Waals surface area contributed by atoms with Gasteiger partial charge in [-0.15, -0.1) is 12.3 Å². The van der Waals surface area contributed by atoms with Crippen molar-refractivity contribution in [2.75, 3.05) is 0 Å². The molecule has 0 aromatic rings. The van der Waals surface area contributed by atoms with E-state index >= 15 is 0 Å². The summed E-state index contributed by atoms with van der Waals surface area (Å²) in [5.41, 5.74) is -0.597. The smallest absolute Gasteiger partial charge is 0.0789 e. The van der Waals surface area contributed by atoms with E-state index in [4.69, 9.17) is 6.42 Å². The molecule has 0 aromatic heterocycles. The normalized spacial score (nSPS) is 38.3. The topological polar surface area (TPSA) is 20.2 Å². The second-order valence-corrected chi connectivity index (χ2v) is 5.22. The minimum atomic E-state index is -0.597. The van der Waals surface area contributed by atoms with Crippen molar-refractivity contribution in [3.63, 3.8) is 0 Å². The lowest BCUT2D eigenvalue weighted by Crippen LogP contribution is -2.45. The molecule has 0 spiro atoms. The van der Waals surface area contributed by atoms with Crippen molar-refractivity contribution < 1.29 is 5.11 Å². The first-order valence-corrected chi connectivity index (χ1v) is 5.65. The highest BCUT2D eigenvalue weighted by Gasteiger charge is 2.41. The van der Waals surface area contributed by atoms with E-state index in [0.717, 1.165) is 12.8 Å². The van der Waals surface area contributed by atoms with E-state index in [1.807, 2.05) is 0 Å². The van der Waals surface area contributed by atoms with Crippen LogP contribution in [-0.4, -0.2) is 10.7 Å². The molecule has 3 unspecified atom stereocenters. The van der Waals surface area contributed by atoms with Gasteiger partial charge in [-0.1, -0.05) is 27.2 Å². The van der Waals surface area contributed by atoms with Crippen molar-refractivity contribution in [2.45, 2.75) is 52.1 Å². The van der Waals surface area contributed by atoms with Crippen LogP contribution in [0.3, 0.4) is 0 Å². The van der Waals surface area contributed by atoms with Gasteiger partial charge in [-0.25, -0.2) is 0 Å². The molecular formula is C13H22O. The molecule has 1 aliphatic carbocycles. The zero-order valence-corrected chi connectivity index (χ0v) is 9.59. The fraction of sp³-hybridized carbons (Fsp3) is 0.846. The zero-order chi connectivity index (χ0) is 10.8. The fourth-order valence-electron chi connectivity index (χ4n) is 2.92. The van der Waals surface area contributed by atoms with Gasteiger partial charge >= 0.3 is 0 Å². The minimum Gasteiger partial charge on any atom is -0.389 e. The van der Waals surface area contributed by atoms with E-state index in [1.165, 1.54) is 6.42 Å². The summed E-state index contributed by atoms with van der Waals surface area (Å²) in [5.74, 6) is 4.16. The lowest BCUT2D eigenvalue weighted by Gasteiger charge is -2.43. The Bertz CT molecular complexity index is 226. The van der Waals surface area contributed by atoms with Crippen LogP contribution in [0.2, 0.25) is 0 Å². The number of terminal acetylenes is 1. The molecule has 3 atom stereocenters. The van der Waals surface area contributed by atoms with Crippen LogP contribution in [0.5, 0.6) is 0 Å². The van der Waals surface area contributed by atoms with E-state index in [1.54, 1.807) is 0 Å². The van der Waals surface area contributed by atoms with E-state index in [9.17, 15) is 5.11 Å². The third-order valence-corrected chi connectivity index (χ3v) is 3.58. The molecule has 1 fully saturated rings. The average molecular weight is 194 g/mol. The predicted octanol–water partition coefficient (Wildman–Crippen LogP) is 2.83. The molecule has 1 saturated carbocycles. The highest BCUT2D eigenvalue weighted by Crippen LogP contribution is 2.42. The molecule has 1 rings (SSSR count). The van der Waals surface area contributed by atoms with Crippen molar-refractivity contribution in [1.82, 2.24) is 0 Å². The lowest BCUT2D eigenvalue weighted by molar-refractivity contribution is -0.0759. The first kappa shape index (κ1) is 11.6. The second kappa shape index (κ2) is 4.36. The van der Waals surface area contributed by atoms with Gasteiger partial charge in [0.1, 0.15) is 0 Å². The zero-order valence-electron chi connectivity index (χ0n) is 9.59. The highest BCUT2D eigenvalue weighted by atomic mass is 16.3. The maximum absolute atomic E-state index is 10.5. The van der Waals surface area contributed by atoms with Crippen LogP contribution in [0.4, 0.5) is 0 Å². The van der Waals surface area contributed by atoms with Crippen LogP contribution in [0, 0.1) is 30.1 Å². The summed E-state index contributed by atoms with van der Waals surface area (Å²) in [4.78, 5) is 0. The van der Waals surface area contributed by atoms with Gasteiger partial charge in [-0.05, 0) is 30.6 Å². The molecule has 0 aliphatic heterocycles. The van der Waals surface area contributed by atoms with Crippen LogP contribution < -0.4 is 0 Å². The van der Waals surface area contributed by atoms with Crippen LogP contribution in [0.1, 0.15) is 46.5 Å². The molecule has 1 nitrogen and oxygen atoms in total. The Morgan fingerprint density at radius 1 is 1.50 bits per heavy atom. The van der Waals surface area contributed by atoms with Crippen LogP contribution in [0.15, 0.2) is 0 Å². The molecule has 0 radical (unpaired) electrons. The number of hydrogen-bond donors (Lipinski definition) is 1. The molecule has 80 valence electrons. The van der Waals surface area contributed by atoms with Crippen molar-refractivity contribution in [2.24, 2.45) is 17.8 Å². The van der Waals surface area contributed by atoms with Gasteiger partial charge in [0.05, 0.1) is 5.60 Å². The number of hydrogen-bond acceptors (Lipinski definition) is 1. The van der Waals surface area contributed by atoms with Gasteiger partial charge in [0.15, 0.2) is 0 Å². The summed E-state index contributed by atoms with van der Waals surface area (Å²) < 4.78 is 0. The Labute approximate surface area is 87.9 Å². The summed E-state index contributed by atoms with van der Waals surface area (Å²) in [5, 5.41) is 10.5. The number of rotatable bonds is 2. The molecule has 1 heteroatoms. The Kier molecular flexibility index (Phi) is 3.61. The molecule has 0 heterocycles. The van der Waals surface area contributed by atoms with E-state index in [0.29, 0.717) is 24.2 Å². The Morgan fingerprint density at radius 2 is 2.14 bits per heavy atom. The second-order valence-electron chi connectivity index (χ2n) is 5.22. The van der Waals surface area contributed by atoms with Gasteiger partial charge in [0.2, 0.25) is 0 Å². The molecule has 0 amide bonds. The molecule has 0 bridgehead atoms. The Morgan fingerprint density at radius 3 is 2.64 bits per heavy atom. The lowest BCUT2D eigenvalue weighted by atomic mass is 9.66. The summed E-state index contributed by atoms with van der Waals surface area (Å²) in [6.07, 6.45) is 9.09. The summed E-state index contributed by atoms with van der Waals surface area (Å²) in [7, 11) is 0. The first-order chi connectivity index (χ1) is 6.49.